The van der Waals surface area contributed by atoms with Crippen molar-refractivity contribution in [3.05, 3.63) is 12.2 Å². The van der Waals surface area contributed by atoms with E-state index in [2.05, 4.69) is 6.58 Å². The van der Waals surface area contributed by atoms with Crippen LogP contribution in [0, 0.1) is 0 Å². The van der Waals surface area contributed by atoms with Crippen molar-refractivity contribution in [3.8, 4) is 0 Å². The fraction of sp³-hybridized carbons (Fsp3) is 0.875. The molecule has 0 aromatic carbocycles. The van der Waals surface area contributed by atoms with Crippen molar-refractivity contribution in [1.82, 2.24) is 0 Å². The summed E-state index contributed by atoms with van der Waals surface area (Å²) in [7, 11) is 0. The Balaban J connectivity index is 2.46. The van der Waals surface area contributed by atoms with Crippen LogP contribution in [0.15, 0.2) is 12.2 Å². The molecule has 9 heteroatoms. The third-order valence-electron chi connectivity index (χ3n) is 4.29. The topological polar surface area (TPSA) is 160 Å². The molecule has 0 unspecified atom stereocenters. The van der Waals surface area contributed by atoms with Gasteiger partial charge >= 0.3 is 0 Å². The zero-order chi connectivity index (χ0) is 19.4. The van der Waals surface area contributed by atoms with Gasteiger partial charge in [-0.3, -0.25) is 0 Å². The molecule has 1 saturated heterocycles. The molecule has 0 aromatic rings. The molecule has 7 N–H and O–H groups in total. The van der Waals surface area contributed by atoms with Crippen molar-refractivity contribution >= 4 is 0 Å². The molecule has 25 heavy (non-hydrogen) atoms. The molecule has 1 heterocycles. The first-order valence-electron chi connectivity index (χ1n) is 8.17. The zero-order valence-corrected chi connectivity index (χ0v) is 14.5. The van der Waals surface area contributed by atoms with Crippen molar-refractivity contribution in [1.29, 1.82) is 0 Å². The molecule has 1 rings (SSSR count). The Kier molecular flexibility index (Phi) is 8.39. The van der Waals surface area contributed by atoms with E-state index in [1.807, 2.05) is 0 Å². The third kappa shape index (κ3) is 6.24. The summed E-state index contributed by atoms with van der Waals surface area (Å²) >= 11 is 0. The summed E-state index contributed by atoms with van der Waals surface area (Å²) in [5, 5.41) is 67.7. The van der Waals surface area contributed by atoms with Crippen LogP contribution >= 0.6 is 0 Å². The van der Waals surface area contributed by atoms with E-state index in [0.717, 1.165) is 0 Å². The van der Waals surface area contributed by atoms with Gasteiger partial charge in [0.2, 0.25) is 0 Å². The maximum absolute atomic E-state index is 10.0. The fourth-order valence-electron chi connectivity index (χ4n) is 2.35. The van der Waals surface area contributed by atoms with E-state index >= 15 is 0 Å². The molecule has 0 aliphatic carbocycles. The Hall–Kier alpha value is -0.620. The average molecular weight is 366 g/mol. The monoisotopic (exact) mass is 366 g/mol. The molecule has 0 amide bonds. The molecule has 0 aromatic heterocycles. The molecule has 1 aliphatic heterocycles. The summed E-state index contributed by atoms with van der Waals surface area (Å²) < 4.78 is 10.4. The summed E-state index contributed by atoms with van der Waals surface area (Å²) in [4.78, 5) is 0. The van der Waals surface area contributed by atoms with E-state index in [-0.39, 0.29) is 19.4 Å². The van der Waals surface area contributed by atoms with Crippen LogP contribution in [0.25, 0.3) is 0 Å². The van der Waals surface area contributed by atoms with Gasteiger partial charge in [0, 0.05) is 0 Å². The van der Waals surface area contributed by atoms with Crippen LogP contribution in [0.1, 0.15) is 26.7 Å². The molecule has 1 aliphatic rings. The lowest BCUT2D eigenvalue weighted by Crippen LogP contribution is -2.59. The van der Waals surface area contributed by atoms with Crippen LogP contribution in [0.5, 0.6) is 0 Å². The summed E-state index contributed by atoms with van der Waals surface area (Å²) in [6, 6.07) is 0. The highest BCUT2D eigenvalue weighted by Gasteiger charge is 2.44. The molecule has 7 atom stereocenters. The standard InChI is InChI=1S/C16H30O9/c1-8(4-5-11(19)16(2,3)23)9(18)7-24-15-14(22)13(21)12(20)10(6-17)25-15/h9-15,17-23H,1,4-7H2,2-3H3/t9-,10-,11-,12-,13+,14-,15-/m1/s1. The number of hydrogen-bond donors (Lipinski definition) is 7. The van der Waals surface area contributed by atoms with Crippen LogP contribution in [0.4, 0.5) is 0 Å². The van der Waals surface area contributed by atoms with Gasteiger partial charge in [-0.05, 0) is 32.3 Å². The Labute approximate surface area is 146 Å². The number of aliphatic hydroxyl groups is 7. The van der Waals surface area contributed by atoms with Gasteiger partial charge in [0.1, 0.15) is 24.4 Å². The smallest absolute Gasteiger partial charge is 0.186 e. The highest BCUT2D eigenvalue weighted by Crippen LogP contribution is 2.23. The lowest BCUT2D eigenvalue weighted by Gasteiger charge is -2.39. The normalized spacial score (nSPS) is 33.1. The molecule has 0 spiro atoms. The Morgan fingerprint density at radius 3 is 2.28 bits per heavy atom. The molecule has 0 saturated carbocycles. The molecule has 0 radical (unpaired) electrons. The Bertz CT molecular complexity index is 420. The van der Waals surface area contributed by atoms with Crippen molar-refractivity contribution in [3.63, 3.8) is 0 Å². The predicted octanol–water partition coefficient (Wildman–Crippen LogP) is -2.37. The van der Waals surface area contributed by atoms with Gasteiger partial charge in [-0.1, -0.05) is 6.58 Å². The van der Waals surface area contributed by atoms with E-state index < -0.39 is 55.1 Å². The first-order chi connectivity index (χ1) is 11.5. The van der Waals surface area contributed by atoms with E-state index in [9.17, 15) is 30.6 Å². The molecule has 148 valence electrons. The van der Waals surface area contributed by atoms with Gasteiger partial charge in [0.15, 0.2) is 6.29 Å². The van der Waals surface area contributed by atoms with E-state index in [1.165, 1.54) is 13.8 Å². The van der Waals surface area contributed by atoms with Crippen LogP contribution in [0.3, 0.4) is 0 Å². The van der Waals surface area contributed by atoms with Gasteiger partial charge < -0.3 is 45.2 Å². The second-order valence-corrected chi connectivity index (χ2v) is 6.91. The summed E-state index contributed by atoms with van der Waals surface area (Å²) in [5.74, 6) is 0. The summed E-state index contributed by atoms with van der Waals surface area (Å²) in [6.07, 6.45) is -8.68. The lowest BCUT2D eigenvalue weighted by atomic mass is 9.94. The average Bonchev–Trinajstić information content (AvgIpc) is 2.55. The van der Waals surface area contributed by atoms with Crippen molar-refractivity contribution < 1.29 is 45.2 Å². The van der Waals surface area contributed by atoms with Gasteiger partial charge in [0.05, 0.1) is 31.0 Å². The minimum absolute atomic E-state index is 0.194. The number of hydrogen-bond acceptors (Lipinski definition) is 9. The second-order valence-electron chi connectivity index (χ2n) is 6.91. The van der Waals surface area contributed by atoms with Gasteiger partial charge in [-0.25, -0.2) is 0 Å². The minimum atomic E-state index is -1.56. The predicted molar refractivity (Wildman–Crippen MR) is 86.4 cm³/mol. The fourth-order valence-corrected chi connectivity index (χ4v) is 2.35. The largest absolute Gasteiger partial charge is 0.394 e. The van der Waals surface area contributed by atoms with Crippen molar-refractivity contribution in [2.24, 2.45) is 0 Å². The number of ether oxygens (including phenoxy) is 2. The summed E-state index contributed by atoms with van der Waals surface area (Å²) in [5.41, 5.74) is -0.911. The second kappa shape index (κ2) is 9.36. The Morgan fingerprint density at radius 2 is 1.76 bits per heavy atom. The van der Waals surface area contributed by atoms with Gasteiger partial charge in [-0.2, -0.15) is 0 Å². The van der Waals surface area contributed by atoms with Crippen LogP contribution in [0.2, 0.25) is 0 Å². The maximum atomic E-state index is 10.0. The Morgan fingerprint density at radius 1 is 1.16 bits per heavy atom. The number of rotatable bonds is 9. The molecule has 0 bridgehead atoms. The quantitative estimate of drug-likeness (QED) is 0.221. The maximum Gasteiger partial charge on any atom is 0.186 e. The van der Waals surface area contributed by atoms with E-state index in [0.29, 0.717) is 5.57 Å². The highest BCUT2D eigenvalue weighted by molar-refractivity contribution is 5.02. The number of aliphatic hydroxyl groups excluding tert-OH is 6. The van der Waals surface area contributed by atoms with Gasteiger partial charge in [0.25, 0.3) is 0 Å². The lowest BCUT2D eigenvalue weighted by molar-refractivity contribution is -0.303. The van der Waals surface area contributed by atoms with Crippen molar-refractivity contribution in [2.75, 3.05) is 13.2 Å². The van der Waals surface area contributed by atoms with Crippen LogP contribution in [-0.4, -0.2) is 97.5 Å². The molecular formula is C16H30O9. The molecular weight excluding hydrogens is 336 g/mol. The first-order valence-corrected chi connectivity index (χ1v) is 8.17. The summed E-state index contributed by atoms with van der Waals surface area (Å²) in [6.45, 7) is 5.76. The zero-order valence-electron chi connectivity index (χ0n) is 14.5. The first kappa shape index (κ1) is 22.4. The van der Waals surface area contributed by atoms with Crippen molar-refractivity contribution in [2.45, 2.75) is 75.2 Å². The van der Waals surface area contributed by atoms with Crippen LogP contribution < -0.4 is 0 Å². The minimum Gasteiger partial charge on any atom is -0.394 e. The third-order valence-corrected chi connectivity index (χ3v) is 4.29. The van der Waals surface area contributed by atoms with E-state index in [4.69, 9.17) is 14.6 Å². The van der Waals surface area contributed by atoms with Crippen LogP contribution in [-0.2, 0) is 9.47 Å². The van der Waals surface area contributed by atoms with Gasteiger partial charge in [-0.15, -0.1) is 0 Å². The highest BCUT2D eigenvalue weighted by atomic mass is 16.7. The van der Waals surface area contributed by atoms with E-state index in [1.54, 1.807) is 0 Å². The molecule has 1 fully saturated rings. The SMILES string of the molecule is C=C(CC[C@@H](O)C(C)(C)O)[C@H](O)CO[C@@H]1O[C@H](CO)[C@@H](O)[C@H](O)[C@H]1O. The molecule has 9 nitrogen and oxygen atoms in total.